The lowest BCUT2D eigenvalue weighted by Gasteiger charge is -2.26. The van der Waals surface area contributed by atoms with Crippen molar-refractivity contribution in [3.8, 4) is 5.75 Å². The van der Waals surface area contributed by atoms with Crippen LogP contribution in [0.15, 0.2) is 72.1 Å². The predicted octanol–water partition coefficient (Wildman–Crippen LogP) is 2.97. The molecule has 0 saturated carbocycles. The van der Waals surface area contributed by atoms with Crippen LogP contribution >= 0.6 is 0 Å². The Bertz CT molecular complexity index is 803. The fourth-order valence-electron chi connectivity index (χ4n) is 2.71. The van der Waals surface area contributed by atoms with Crippen molar-refractivity contribution in [1.29, 1.82) is 0 Å². The van der Waals surface area contributed by atoms with Gasteiger partial charge in [0.2, 0.25) is 10.0 Å². The molecule has 5 nitrogen and oxygen atoms in total. The number of ether oxygens (including phenoxy) is 2. The number of hydrogen-bond acceptors (Lipinski definition) is 4. The van der Waals surface area contributed by atoms with Crippen LogP contribution in [0.25, 0.3) is 0 Å². The van der Waals surface area contributed by atoms with Crippen molar-refractivity contribution in [2.75, 3.05) is 13.7 Å². The number of methoxy groups -OCH3 is 1. The van der Waals surface area contributed by atoms with Crippen LogP contribution < -0.4 is 4.74 Å². The molecule has 0 aliphatic carbocycles. The maximum Gasteiger partial charge on any atom is 0.246 e. The molecule has 0 radical (unpaired) electrons. The molecule has 2 atom stereocenters. The Hall–Kier alpha value is -2.15. The van der Waals surface area contributed by atoms with E-state index in [0.717, 1.165) is 5.56 Å². The summed E-state index contributed by atoms with van der Waals surface area (Å²) in [5.41, 5.74) is 0.750. The van der Waals surface area contributed by atoms with E-state index in [1.807, 2.05) is 12.1 Å². The van der Waals surface area contributed by atoms with Crippen molar-refractivity contribution in [1.82, 2.24) is 4.31 Å². The first-order valence-corrected chi connectivity index (χ1v) is 8.98. The van der Waals surface area contributed by atoms with Gasteiger partial charge in [-0.3, -0.25) is 0 Å². The van der Waals surface area contributed by atoms with E-state index in [-0.39, 0.29) is 11.5 Å². The molecule has 2 aromatic rings. The van der Waals surface area contributed by atoms with Gasteiger partial charge in [0.1, 0.15) is 5.75 Å². The third kappa shape index (κ3) is 2.96. The average Bonchev–Trinajstić information content (AvgIpc) is 3.07. The van der Waals surface area contributed by atoms with Crippen molar-refractivity contribution in [2.45, 2.75) is 17.2 Å². The van der Waals surface area contributed by atoms with Crippen LogP contribution in [0.4, 0.5) is 0 Å². The summed E-state index contributed by atoms with van der Waals surface area (Å²) < 4.78 is 38.5. The molecule has 0 bridgehead atoms. The molecule has 3 rings (SSSR count). The first kappa shape index (κ1) is 16.7. The molecule has 0 amide bonds. The maximum absolute atomic E-state index is 13.1. The molecule has 0 N–H and O–H groups in total. The zero-order valence-corrected chi connectivity index (χ0v) is 14.1. The Labute approximate surface area is 142 Å². The lowest BCUT2D eigenvalue weighted by molar-refractivity contribution is 0.0681. The average molecular weight is 345 g/mol. The van der Waals surface area contributed by atoms with E-state index < -0.39 is 22.3 Å². The summed E-state index contributed by atoms with van der Waals surface area (Å²) >= 11 is 0. The smallest absolute Gasteiger partial charge is 0.246 e. The van der Waals surface area contributed by atoms with Gasteiger partial charge in [-0.25, -0.2) is 8.42 Å². The molecule has 1 aliphatic rings. The lowest BCUT2D eigenvalue weighted by atomic mass is 10.2. The van der Waals surface area contributed by atoms with E-state index in [1.54, 1.807) is 55.7 Å². The van der Waals surface area contributed by atoms with Crippen LogP contribution in [0, 0.1) is 0 Å². The first-order valence-electron chi connectivity index (χ1n) is 7.54. The zero-order valence-electron chi connectivity index (χ0n) is 13.3. The standard InChI is InChI=1S/C18H19NO4S/c1-3-15-13-23-18(14-9-11-16(22-2)12-10-14)19(15)24(20,21)17-7-5-4-6-8-17/h3-12,15,18H,1,13H2,2H3/t15-,18-/m0/s1. The van der Waals surface area contributed by atoms with Gasteiger partial charge in [-0.05, 0) is 29.8 Å². The molecular formula is C18H19NO4S. The summed E-state index contributed by atoms with van der Waals surface area (Å²) in [6.45, 7) is 4.02. The van der Waals surface area contributed by atoms with Crippen LogP contribution in [0.1, 0.15) is 11.8 Å². The number of nitrogens with zero attached hydrogens (tertiary/aromatic N) is 1. The highest BCUT2D eigenvalue weighted by atomic mass is 32.2. The third-order valence-corrected chi connectivity index (χ3v) is 5.86. The highest BCUT2D eigenvalue weighted by Gasteiger charge is 2.42. The van der Waals surface area contributed by atoms with Crippen LogP contribution in [-0.2, 0) is 14.8 Å². The fraction of sp³-hybridized carbons (Fsp3) is 0.222. The Morgan fingerprint density at radius 2 is 1.83 bits per heavy atom. The van der Waals surface area contributed by atoms with E-state index in [2.05, 4.69) is 6.58 Å². The first-order chi connectivity index (χ1) is 11.6. The number of sulfonamides is 1. The normalized spacial score (nSPS) is 21.5. The Balaban J connectivity index is 2.02. The molecule has 0 unspecified atom stereocenters. The van der Waals surface area contributed by atoms with Gasteiger partial charge in [-0.15, -0.1) is 6.58 Å². The van der Waals surface area contributed by atoms with Gasteiger partial charge in [0, 0.05) is 0 Å². The molecule has 126 valence electrons. The largest absolute Gasteiger partial charge is 0.497 e. The van der Waals surface area contributed by atoms with E-state index in [0.29, 0.717) is 5.75 Å². The number of benzene rings is 2. The Morgan fingerprint density at radius 1 is 1.17 bits per heavy atom. The van der Waals surface area contributed by atoms with Crippen LogP contribution in [-0.4, -0.2) is 32.5 Å². The minimum atomic E-state index is -3.71. The van der Waals surface area contributed by atoms with Gasteiger partial charge in [-0.1, -0.05) is 36.4 Å². The molecule has 1 aliphatic heterocycles. The van der Waals surface area contributed by atoms with Crippen molar-refractivity contribution < 1.29 is 17.9 Å². The summed E-state index contributed by atoms with van der Waals surface area (Å²) in [6.07, 6.45) is 0.911. The lowest BCUT2D eigenvalue weighted by Crippen LogP contribution is -2.37. The summed E-state index contributed by atoms with van der Waals surface area (Å²) in [6, 6.07) is 15.1. The van der Waals surface area contributed by atoms with Crippen LogP contribution in [0.5, 0.6) is 5.75 Å². The SMILES string of the molecule is C=C[C@H]1CO[C@@H](c2ccc(OC)cc2)N1S(=O)(=O)c1ccccc1. The highest BCUT2D eigenvalue weighted by Crippen LogP contribution is 2.36. The summed E-state index contributed by atoms with van der Waals surface area (Å²) in [4.78, 5) is 0.237. The highest BCUT2D eigenvalue weighted by molar-refractivity contribution is 7.89. The zero-order chi connectivity index (χ0) is 17.2. The van der Waals surface area contributed by atoms with E-state index in [1.165, 1.54) is 4.31 Å². The summed E-state index contributed by atoms with van der Waals surface area (Å²) in [5, 5.41) is 0. The topological polar surface area (TPSA) is 55.8 Å². The number of rotatable bonds is 5. The third-order valence-electron chi connectivity index (χ3n) is 3.97. The van der Waals surface area contributed by atoms with Gasteiger partial charge >= 0.3 is 0 Å². The molecular weight excluding hydrogens is 326 g/mol. The fourth-order valence-corrected chi connectivity index (χ4v) is 4.40. The molecule has 1 saturated heterocycles. The second kappa shape index (κ2) is 6.76. The van der Waals surface area contributed by atoms with Crippen molar-refractivity contribution in [3.05, 3.63) is 72.8 Å². The Morgan fingerprint density at radius 3 is 2.42 bits per heavy atom. The van der Waals surface area contributed by atoms with Gasteiger partial charge in [-0.2, -0.15) is 4.31 Å². The number of hydrogen-bond donors (Lipinski definition) is 0. The van der Waals surface area contributed by atoms with Crippen LogP contribution in [0.2, 0.25) is 0 Å². The van der Waals surface area contributed by atoms with Crippen LogP contribution in [0.3, 0.4) is 0 Å². The van der Waals surface area contributed by atoms with Gasteiger partial charge < -0.3 is 9.47 Å². The van der Waals surface area contributed by atoms with Gasteiger partial charge in [0.25, 0.3) is 0 Å². The van der Waals surface area contributed by atoms with E-state index in [4.69, 9.17) is 9.47 Å². The second-order valence-corrected chi connectivity index (χ2v) is 7.25. The van der Waals surface area contributed by atoms with Crippen molar-refractivity contribution in [3.63, 3.8) is 0 Å². The van der Waals surface area contributed by atoms with Crippen molar-refractivity contribution in [2.24, 2.45) is 0 Å². The molecule has 0 aromatic heterocycles. The Kier molecular flexibility index (Phi) is 4.71. The molecule has 1 heterocycles. The second-order valence-electron chi connectivity index (χ2n) is 5.41. The molecule has 2 aromatic carbocycles. The van der Waals surface area contributed by atoms with Gasteiger partial charge in [0.15, 0.2) is 6.23 Å². The quantitative estimate of drug-likeness (QED) is 0.782. The minimum absolute atomic E-state index is 0.237. The molecule has 0 spiro atoms. The van der Waals surface area contributed by atoms with Gasteiger partial charge in [0.05, 0.1) is 24.7 Å². The molecule has 24 heavy (non-hydrogen) atoms. The predicted molar refractivity (Wildman–Crippen MR) is 91.1 cm³/mol. The van der Waals surface area contributed by atoms with Crippen molar-refractivity contribution >= 4 is 10.0 Å². The van der Waals surface area contributed by atoms with E-state index in [9.17, 15) is 8.42 Å². The molecule has 1 fully saturated rings. The monoisotopic (exact) mass is 345 g/mol. The minimum Gasteiger partial charge on any atom is -0.497 e. The summed E-state index contributed by atoms with van der Waals surface area (Å²) in [7, 11) is -2.12. The summed E-state index contributed by atoms with van der Waals surface area (Å²) in [5.74, 6) is 0.703. The maximum atomic E-state index is 13.1. The molecule has 6 heteroatoms. The van der Waals surface area contributed by atoms with E-state index >= 15 is 0 Å².